The van der Waals surface area contributed by atoms with Crippen molar-refractivity contribution in [1.29, 1.82) is 0 Å². The van der Waals surface area contributed by atoms with Gasteiger partial charge in [0, 0.05) is 17.5 Å². The summed E-state index contributed by atoms with van der Waals surface area (Å²) >= 11 is 0. The molecule has 15 heavy (non-hydrogen) atoms. The first kappa shape index (κ1) is 11.3. The molecule has 0 aliphatic rings. The fourth-order valence-electron chi connectivity index (χ4n) is 1.13. The second-order valence-corrected chi connectivity index (χ2v) is 3.04. The number of anilines is 1. The molecule has 0 aliphatic carbocycles. The van der Waals surface area contributed by atoms with E-state index in [0.29, 0.717) is 0 Å². The van der Waals surface area contributed by atoms with Crippen LogP contribution in [0.3, 0.4) is 0 Å². The Bertz CT molecular complexity index is 344. The summed E-state index contributed by atoms with van der Waals surface area (Å²) in [4.78, 5) is 11.0. The molecule has 0 saturated heterocycles. The standard InChI is InChI=1S/C12H15NO2/c1-3-10(9-12(14)15-2)13-11-7-5-4-6-8-11/h4-9,13H,3H2,1-2H3/b10-9+. The van der Waals surface area contributed by atoms with Crippen LogP contribution in [0.1, 0.15) is 13.3 Å². The maximum absolute atomic E-state index is 11.0. The smallest absolute Gasteiger partial charge is 0.332 e. The Hall–Kier alpha value is -1.77. The van der Waals surface area contributed by atoms with Crippen molar-refractivity contribution in [3.8, 4) is 0 Å². The summed E-state index contributed by atoms with van der Waals surface area (Å²) in [5.41, 5.74) is 1.81. The minimum Gasteiger partial charge on any atom is -0.466 e. The van der Waals surface area contributed by atoms with E-state index in [1.165, 1.54) is 13.2 Å². The molecular formula is C12H15NO2. The molecule has 1 rings (SSSR count). The number of benzene rings is 1. The first-order valence-corrected chi connectivity index (χ1v) is 4.87. The van der Waals surface area contributed by atoms with Crippen molar-refractivity contribution >= 4 is 11.7 Å². The maximum Gasteiger partial charge on any atom is 0.332 e. The fourth-order valence-corrected chi connectivity index (χ4v) is 1.13. The summed E-state index contributed by atoms with van der Waals surface area (Å²) < 4.78 is 4.56. The zero-order valence-electron chi connectivity index (χ0n) is 8.99. The molecule has 0 bridgehead atoms. The first-order chi connectivity index (χ1) is 7.26. The Labute approximate surface area is 89.8 Å². The van der Waals surface area contributed by atoms with Crippen molar-refractivity contribution in [2.24, 2.45) is 0 Å². The minimum atomic E-state index is -0.338. The van der Waals surface area contributed by atoms with Gasteiger partial charge in [0.25, 0.3) is 0 Å². The van der Waals surface area contributed by atoms with Crippen LogP contribution in [-0.4, -0.2) is 13.1 Å². The normalized spacial score (nSPS) is 10.9. The number of allylic oxidation sites excluding steroid dienone is 1. The molecule has 0 aromatic heterocycles. The first-order valence-electron chi connectivity index (χ1n) is 4.87. The van der Waals surface area contributed by atoms with Gasteiger partial charge in [-0.3, -0.25) is 0 Å². The number of nitrogens with one attached hydrogen (secondary N) is 1. The predicted octanol–water partition coefficient (Wildman–Crippen LogP) is 2.57. The van der Waals surface area contributed by atoms with Crippen LogP contribution in [0.15, 0.2) is 42.1 Å². The third-order valence-electron chi connectivity index (χ3n) is 1.95. The van der Waals surface area contributed by atoms with E-state index in [2.05, 4.69) is 10.1 Å². The van der Waals surface area contributed by atoms with Gasteiger partial charge in [-0.25, -0.2) is 4.79 Å². The van der Waals surface area contributed by atoms with Crippen molar-refractivity contribution < 1.29 is 9.53 Å². The average molecular weight is 205 g/mol. The number of carbonyl (C=O) groups excluding carboxylic acids is 1. The number of ether oxygens (including phenoxy) is 1. The molecule has 3 heteroatoms. The van der Waals surface area contributed by atoms with Crippen LogP contribution >= 0.6 is 0 Å². The molecule has 0 unspecified atom stereocenters. The summed E-state index contributed by atoms with van der Waals surface area (Å²) in [5.74, 6) is -0.338. The molecular weight excluding hydrogens is 190 g/mol. The third-order valence-corrected chi connectivity index (χ3v) is 1.95. The highest BCUT2D eigenvalue weighted by atomic mass is 16.5. The molecule has 0 saturated carbocycles. The van der Waals surface area contributed by atoms with E-state index in [4.69, 9.17) is 0 Å². The highest BCUT2D eigenvalue weighted by Crippen LogP contribution is 2.10. The highest BCUT2D eigenvalue weighted by molar-refractivity contribution is 5.83. The molecule has 3 nitrogen and oxygen atoms in total. The number of para-hydroxylation sites is 1. The summed E-state index contributed by atoms with van der Waals surface area (Å²) in [6.07, 6.45) is 2.22. The summed E-state index contributed by atoms with van der Waals surface area (Å²) in [7, 11) is 1.37. The zero-order chi connectivity index (χ0) is 11.1. The SMILES string of the molecule is CC/C(=C\C(=O)OC)Nc1ccccc1. The van der Waals surface area contributed by atoms with E-state index >= 15 is 0 Å². The summed E-state index contributed by atoms with van der Waals surface area (Å²) in [6, 6.07) is 9.71. The Morgan fingerprint density at radius 3 is 2.60 bits per heavy atom. The van der Waals surface area contributed by atoms with E-state index in [1.807, 2.05) is 37.3 Å². The Morgan fingerprint density at radius 1 is 1.40 bits per heavy atom. The van der Waals surface area contributed by atoms with Crippen LogP contribution in [0.5, 0.6) is 0 Å². The van der Waals surface area contributed by atoms with E-state index < -0.39 is 0 Å². The molecule has 1 aromatic carbocycles. The van der Waals surface area contributed by atoms with Gasteiger partial charge in [-0.05, 0) is 18.6 Å². The Balaban J connectivity index is 2.70. The van der Waals surface area contributed by atoms with Gasteiger partial charge in [0.15, 0.2) is 0 Å². The van der Waals surface area contributed by atoms with Crippen molar-refractivity contribution in [2.45, 2.75) is 13.3 Å². The quantitative estimate of drug-likeness (QED) is 0.606. The lowest BCUT2D eigenvalue weighted by atomic mass is 10.2. The van der Waals surface area contributed by atoms with Crippen LogP contribution < -0.4 is 5.32 Å². The maximum atomic E-state index is 11.0. The molecule has 0 heterocycles. The number of esters is 1. The molecule has 0 amide bonds. The minimum absolute atomic E-state index is 0.338. The topological polar surface area (TPSA) is 38.3 Å². The number of hydrogen-bond donors (Lipinski definition) is 1. The second-order valence-electron chi connectivity index (χ2n) is 3.04. The molecule has 0 fully saturated rings. The Kier molecular flexibility index (Phi) is 4.41. The number of rotatable bonds is 4. The van der Waals surface area contributed by atoms with Crippen LogP contribution in [0.2, 0.25) is 0 Å². The second kappa shape index (κ2) is 5.86. The van der Waals surface area contributed by atoms with Gasteiger partial charge >= 0.3 is 5.97 Å². The number of methoxy groups -OCH3 is 1. The third kappa shape index (κ3) is 3.85. The van der Waals surface area contributed by atoms with Gasteiger partial charge in [-0.1, -0.05) is 25.1 Å². The van der Waals surface area contributed by atoms with Gasteiger partial charge in [-0.2, -0.15) is 0 Å². The Morgan fingerprint density at radius 2 is 2.07 bits per heavy atom. The highest BCUT2D eigenvalue weighted by Gasteiger charge is 1.99. The van der Waals surface area contributed by atoms with Gasteiger partial charge in [-0.15, -0.1) is 0 Å². The molecule has 0 atom stereocenters. The number of hydrogen-bond acceptors (Lipinski definition) is 3. The summed E-state index contributed by atoms with van der Waals surface area (Å²) in [5, 5.41) is 3.15. The van der Waals surface area contributed by atoms with Crippen molar-refractivity contribution in [3.05, 3.63) is 42.1 Å². The van der Waals surface area contributed by atoms with Crippen LogP contribution in [0.4, 0.5) is 5.69 Å². The van der Waals surface area contributed by atoms with Gasteiger partial charge in [0.1, 0.15) is 0 Å². The largest absolute Gasteiger partial charge is 0.466 e. The molecule has 1 N–H and O–H groups in total. The fraction of sp³-hybridized carbons (Fsp3) is 0.250. The van der Waals surface area contributed by atoms with Crippen LogP contribution in [-0.2, 0) is 9.53 Å². The van der Waals surface area contributed by atoms with Crippen molar-refractivity contribution in [3.63, 3.8) is 0 Å². The van der Waals surface area contributed by atoms with Crippen molar-refractivity contribution in [1.82, 2.24) is 0 Å². The lowest BCUT2D eigenvalue weighted by Gasteiger charge is -2.08. The van der Waals surface area contributed by atoms with Gasteiger partial charge in [0.2, 0.25) is 0 Å². The van der Waals surface area contributed by atoms with Crippen LogP contribution in [0.25, 0.3) is 0 Å². The molecule has 0 spiro atoms. The molecule has 0 aliphatic heterocycles. The molecule has 0 radical (unpaired) electrons. The van der Waals surface area contributed by atoms with E-state index in [-0.39, 0.29) is 5.97 Å². The summed E-state index contributed by atoms with van der Waals surface area (Å²) in [6.45, 7) is 1.98. The van der Waals surface area contributed by atoms with Crippen LogP contribution in [0, 0.1) is 0 Å². The lowest BCUT2D eigenvalue weighted by Crippen LogP contribution is -2.03. The van der Waals surface area contributed by atoms with E-state index in [0.717, 1.165) is 17.8 Å². The van der Waals surface area contributed by atoms with Gasteiger partial charge < -0.3 is 10.1 Å². The van der Waals surface area contributed by atoms with E-state index in [9.17, 15) is 4.79 Å². The van der Waals surface area contributed by atoms with Gasteiger partial charge in [0.05, 0.1) is 7.11 Å². The molecule has 1 aromatic rings. The monoisotopic (exact) mass is 205 g/mol. The lowest BCUT2D eigenvalue weighted by molar-refractivity contribution is -0.134. The molecule has 80 valence electrons. The predicted molar refractivity (Wildman–Crippen MR) is 60.5 cm³/mol. The van der Waals surface area contributed by atoms with E-state index in [1.54, 1.807) is 0 Å². The zero-order valence-corrected chi connectivity index (χ0v) is 8.99. The number of carbonyl (C=O) groups is 1. The average Bonchev–Trinajstić information content (AvgIpc) is 2.29. The van der Waals surface area contributed by atoms with Crippen molar-refractivity contribution in [2.75, 3.05) is 12.4 Å².